The van der Waals surface area contributed by atoms with Crippen LogP contribution in [0.2, 0.25) is 0 Å². The van der Waals surface area contributed by atoms with Crippen LogP contribution in [-0.2, 0) is 11.3 Å². The van der Waals surface area contributed by atoms with Crippen molar-refractivity contribution in [3.05, 3.63) is 48.5 Å². The zero-order chi connectivity index (χ0) is 17.5. The van der Waals surface area contributed by atoms with Crippen molar-refractivity contribution in [3.8, 4) is 0 Å². The minimum Gasteiger partial charge on any atom is -0.355 e. The lowest BCUT2D eigenvalue weighted by Crippen LogP contribution is -2.49. The van der Waals surface area contributed by atoms with Crippen molar-refractivity contribution >= 4 is 5.91 Å². The maximum atomic E-state index is 12.0. The molecule has 1 aromatic heterocycles. The van der Waals surface area contributed by atoms with E-state index in [-0.39, 0.29) is 5.91 Å². The number of amides is 1. The van der Waals surface area contributed by atoms with Crippen LogP contribution >= 0.6 is 0 Å². The Morgan fingerprint density at radius 3 is 2.84 bits per heavy atom. The van der Waals surface area contributed by atoms with Gasteiger partial charge in [-0.25, -0.2) is 4.98 Å². The number of carbonyl (C=O) groups is 1. The summed E-state index contributed by atoms with van der Waals surface area (Å²) in [5.41, 5.74) is 1.34. The highest BCUT2D eigenvalue weighted by molar-refractivity contribution is 5.75. The molecular weight excluding hydrogens is 316 g/mol. The van der Waals surface area contributed by atoms with Crippen LogP contribution in [0.4, 0.5) is 0 Å². The van der Waals surface area contributed by atoms with E-state index in [9.17, 15) is 4.79 Å². The Kier molecular flexibility index (Phi) is 6.14. The summed E-state index contributed by atoms with van der Waals surface area (Å²) in [7, 11) is 2.17. The van der Waals surface area contributed by atoms with Crippen molar-refractivity contribution in [1.29, 1.82) is 0 Å². The van der Waals surface area contributed by atoms with Crippen LogP contribution in [0.1, 0.15) is 18.0 Å². The smallest absolute Gasteiger partial charge is 0.221 e. The van der Waals surface area contributed by atoms with Gasteiger partial charge >= 0.3 is 0 Å². The molecule has 3 rings (SSSR count). The third-order valence-corrected chi connectivity index (χ3v) is 4.63. The standard InChI is InChI=1S/C18H26N6O/c1-22-11-12-23(17(13-22)16-5-3-2-4-6-16)10-8-20-18(25)7-9-24-15-19-14-21-24/h2-6,14-15,17H,7-13H2,1H3,(H,20,25). The fourth-order valence-corrected chi connectivity index (χ4v) is 3.21. The van der Waals surface area contributed by atoms with Gasteiger partial charge in [0, 0.05) is 45.2 Å². The highest BCUT2D eigenvalue weighted by atomic mass is 16.1. The van der Waals surface area contributed by atoms with Crippen LogP contribution in [0.25, 0.3) is 0 Å². The largest absolute Gasteiger partial charge is 0.355 e. The quantitative estimate of drug-likeness (QED) is 0.805. The Labute approximate surface area is 148 Å². The molecule has 0 radical (unpaired) electrons. The SMILES string of the molecule is CN1CCN(CCNC(=O)CCn2cncn2)C(c2ccccc2)C1. The molecule has 1 amide bonds. The number of aryl methyl sites for hydroxylation is 1. The molecule has 0 aliphatic carbocycles. The average molecular weight is 342 g/mol. The van der Waals surface area contributed by atoms with Crippen molar-refractivity contribution in [3.63, 3.8) is 0 Å². The first-order valence-electron chi connectivity index (χ1n) is 8.79. The zero-order valence-electron chi connectivity index (χ0n) is 14.7. The van der Waals surface area contributed by atoms with Gasteiger partial charge in [-0.1, -0.05) is 30.3 Å². The summed E-state index contributed by atoms with van der Waals surface area (Å²) in [6.45, 7) is 5.19. The molecule has 25 heavy (non-hydrogen) atoms. The first kappa shape index (κ1) is 17.6. The van der Waals surface area contributed by atoms with Crippen LogP contribution in [0.3, 0.4) is 0 Å². The number of nitrogens with one attached hydrogen (secondary N) is 1. The molecule has 7 heteroatoms. The molecular formula is C18H26N6O. The molecule has 2 aromatic rings. The monoisotopic (exact) mass is 342 g/mol. The first-order valence-corrected chi connectivity index (χ1v) is 8.79. The van der Waals surface area contributed by atoms with Gasteiger partial charge < -0.3 is 10.2 Å². The highest BCUT2D eigenvalue weighted by Gasteiger charge is 2.26. The van der Waals surface area contributed by atoms with Crippen molar-refractivity contribution in [2.24, 2.45) is 0 Å². The number of nitrogens with zero attached hydrogens (tertiary/aromatic N) is 5. The molecule has 0 bridgehead atoms. The van der Waals surface area contributed by atoms with Gasteiger partial charge in [0.05, 0.1) is 6.54 Å². The molecule has 1 fully saturated rings. The number of hydrogen-bond donors (Lipinski definition) is 1. The van der Waals surface area contributed by atoms with Crippen LogP contribution in [-0.4, -0.2) is 70.2 Å². The van der Waals surface area contributed by atoms with Crippen LogP contribution in [0.5, 0.6) is 0 Å². The van der Waals surface area contributed by atoms with E-state index in [4.69, 9.17) is 0 Å². The second kappa shape index (κ2) is 8.73. The molecule has 2 heterocycles. The second-order valence-corrected chi connectivity index (χ2v) is 6.48. The lowest BCUT2D eigenvalue weighted by Gasteiger charge is -2.40. The van der Waals surface area contributed by atoms with Crippen LogP contribution in [0.15, 0.2) is 43.0 Å². The lowest BCUT2D eigenvalue weighted by molar-refractivity contribution is -0.121. The van der Waals surface area contributed by atoms with Crippen molar-refractivity contribution in [2.75, 3.05) is 39.8 Å². The summed E-state index contributed by atoms with van der Waals surface area (Å²) in [6, 6.07) is 11.0. The molecule has 1 aliphatic heterocycles. The predicted octanol–water partition coefficient (Wildman–Crippen LogP) is 0.773. The third-order valence-electron chi connectivity index (χ3n) is 4.63. The maximum Gasteiger partial charge on any atom is 0.221 e. The van der Waals surface area contributed by atoms with E-state index in [0.29, 0.717) is 25.6 Å². The van der Waals surface area contributed by atoms with Crippen molar-refractivity contribution < 1.29 is 4.79 Å². The minimum atomic E-state index is 0.0564. The molecule has 1 unspecified atom stereocenters. The third kappa shape index (κ3) is 5.11. The van der Waals surface area contributed by atoms with Crippen molar-refractivity contribution in [1.82, 2.24) is 29.9 Å². The summed E-state index contributed by atoms with van der Waals surface area (Å²) in [4.78, 5) is 20.7. The highest BCUT2D eigenvalue weighted by Crippen LogP contribution is 2.24. The number of rotatable bonds is 7. The summed E-state index contributed by atoms with van der Waals surface area (Å²) >= 11 is 0. The van der Waals surface area contributed by atoms with Gasteiger partial charge in [-0.2, -0.15) is 5.10 Å². The minimum absolute atomic E-state index is 0.0564. The van der Waals surface area contributed by atoms with Crippen LogP contribution < -0.4 is 5.32 Å². The Bertz CT molecular complexity index is 645. The summed E-state index contributed by atoms with van der Waals surface area (Å²) in [5, 5.41) is 7.03. The zero-order valence-corrected chi connectivity index (χ0v) is 14.7. The van der Waals surface area contributed by atoms with Gasteiger partial charge in [0.25, 0.3) is 0 Å². The molecule has 134 valence electrons. The molecule has 1 aliphatic rings. The van der Waals surface area contributed by atoms with Gasteiger partial charge in [-0.05, 0) is 12.6 Å². The van der Waals surface area contributed by atoms with E-state index in [1.54, 1.807) is 11.0 Å². The predicted molar refractivity (Wildman–Crippen MR) is 95.9 cm³/mol. The summed E-state index contributed by atoms with van der Waals surface area (Å²) in [6.07, 6.45) is 3.53. The Hall–Kier alpha value is -2.25. The Morgan fingerprint density at radius 1 is 1.24 bits per heavy atom. The van der Waals surface area contributed by atoms with E-state index in [2.05, 4.69) is 62.6 Å². The summed E-state index contributed by atoms with van der Waals surface area (Å²) < 4.78 is 1.67. The van der Waals surface area contributed by atoms with E-state index in [1.165, 1.54) is 11.9 Å². The fourth-order valence-electron chi connectivity index (χ4n) is 3.21. The maximum absolute atomic E-state index is 12.0. The molecule has 0 spiro atoms. The van der Waals surface area contributed by atoms with Gasteiger partial charge in [-0.3, -0.25) is 14.4 Å². The van der Waals surface area contributed by atoms with Gasteiger partial charge in [0.2, 0.25) is 5.91 Å². The Morgan fingerprint density at radius 2 is 2.08 bits per heavy atom. The van der Waals surface area contributed by atoms with E-state index < -0.39 is 0 Å². The lowest BCUT2D eigenvalue weighted by atomic mass is 10.0. The number of piperazine rings is 1. The van der Waals surface area contributed by atoms with Gasteiger partial charge in [0.1, 0.15) is 12.7 Å². The second-order valence-electron chi connectivity index (χ2n) is 6.48. The molecule has 1 saturated heterocycles. The Balaban J connectivity index is 1.46. The first-order chi connectivity index (χ1) is 12.2. The average Bonchev–Trinajstić information content (AvgIpc) is 3.15. The van der Waals surface area contributed by atoms with Gasteiger partial charge in [0.15, 0.2) is 0 Å². The fraction of sp³-hybridized carbons (Fsp3) is 0.500. The molecule has 1 N–H and O–H groups in total. The number of hydrogen-bond acceptors (Lipinski definition) is 5. The number of benzene rings is 1. The van der Waals surface area contributed by atoms with Crippen molar-refractivity contribution in [2.45, 2.75) is 19.0 Å². The number of carbonyl (C=O) groups excluding carboxylic acids is 1. The molecule has 0 saturated carbocycles. The van der Waals surface area contributed by atoms with Gasteiger partial charge in [-0.15, -0.1) is 0 Å². The summed E-state index contributed by atoms with van der Waals surface area (Å²) in [5.74, 6) is 0.0564. The molecule has 7 nitrogen and oxygen atoms in total. The molecule has 1 atom stereocenters. The van der Waals surface area contributed by atoms with Crippen LogP contribution in [0, 0.1) is 0 Å². The normalized spacial score (nSPS) is 19.0. The number of aromatic nitrogens is 3. The topological polar surface area (TPSA) is 66.3 Å². The number of likely N-dealkylation sites (N-methyl/N-ethyl adjacent to an activating group) is 1. The molecule has 1 aromatic carbocycles. The van der Waals surface area contributed by atoms with E-state index in [0.717, 1.165) is 26.2 Å². The van der Waals surface area contributed by atoms with E-state index in [1.807, 2.05) is 0 Å². The van der Waals surface area contributed by atoms with E-state index >= 15 is 0 Å².